The van der Waals surface area contributed by atoms with Gasteiger partial charge in [-0.2, -0.15) is 0 Å². The highest BCUT2D eigenvalue weighted by Gasteiger charge is 2.05. The highest BCUT2D eigenvalue weighted by molar-refractivity contribution is 5.75. The van der Waals surface area contributed by atoms with Gasteiger partial charge in [-0.25, -0.2) is 14.7 Å². The molecule has 0 saturated carbocycles. The van der Waals surface area contributed by atoms with Crippen molar-refractivity contribution in [2.75, 3.05) is 14.1 Å². The van der Waals surface area contributed by atoms with Crippen LogP contribution in [0.25, 0.3) is 16.7 Å². The zero-order valence-corrected chi connectivity index (χ0v) is 11.3. The van der Waals surface area contributed by atoms with Crippen LogP contribution in [-0.2, 0) is 0 Å². The molecule has 0 spiro atoms. The van der Waals surface area contributed by atoms with Crippen molar-refractivity contribution in [3.63, 3.8) is 0 Å². The summed E-state index contributed by atoms with van der Waals surface area (Å²) < 4.78 is 1.77. The van der Waals surface area contributed by atoms with Crippen LogP contribution in [0.5, 0.6) is 0 Å². The summed E-state index contributed by atoms with van der Waals surface area (Å²) in [5.41, 5.74) is 2.68. The topological polar surface area (TPSA) is 59.2 Å². The van der Waals surface area contributed by atoms with Crippen molar-refractivity contribution >= 4 is 23.2 Å². The average Bonchev–Trinajstić information content (AvgIpc) is 2.89. The highest BCUT2D eigenvalue weighted by atomic mass is 15.4. The minimum absolute atomic E-state index is 0.659. The van der Waals surface area contributed by atoms with Gasteiger partial charge >= 0.3 is 0 Å². The van der Waals surface area contributed by atoms with Crippen LogP contribution >= 0.6 is 0 Å². The van der Waals surface area contributed by atoms with Crippen LogP contribution in [0.15, 0.2) is 47.6 Å². The lowest BCUT2D eigenvalue weighted by molar-refractivity contribution is 0.643. The number of aromatic nitrogens is 4. The number of hydrogen-bond acceptors (Lipinski definition) is 4. The molecule has 6 nitrogen and oxygen atoms in total. The molecule has 0 atom stereocenters. The predicted molar refractivity (Wildman–Crippen MR) is 78.5 cm³/mol. The second-order valence-electron chi connectivity index (χ2n) is 4.57. The van der Waals surface area contributed by atoms with Crippen LogP contribution in [0, 0.1) is 0 Å². The molecule has 20 heavy (non-hydrogen) atoms. The first kappa shape index (κ1) is 12.3. The maximum Gasteiger partial charge on any atom is 0.153 e. The Labute approximate surface area is 116 Å². The van der Waals surface area contributed by atoms with Crippen molar-refractivity contribution in [1.29, 1.82) is 0 Å². The fourth-order valence-corrected chi connectivity index (χ4v) is 1.81. The monoisotopic (exact) mass is 266 g/mol. The molecule has 0 fully saturated rings. The number of pyridine rings is 1. The van der Waals surface area contributed by atoms with Crippen molar-refractivity contribution in [2.45, 2.75) is 0 Å². The maximum atomic E-state index is 4.30. The number of aliphatic imine (C=N–C) groups is 1. The van der Waals surface area contributed by atoms with Gasteiger partial charge in [-0.1, -0.05) is 17.3 Å². The summed E-state index contributed by atoms with van der Waals surface area (Å²) in [7, 11) is 3.83. The van der Waals surface area contributed by atoms with Gasteiger partial charge in [0.1, 0.15) is 5.52 Å². The Bertz CT molecular complexity index is 742. The van der Waals surface area contributed by atoms with E-state index >= 15 is 0 Å². The number of nitrogens with zero attached hydrogens (tertiary/aromatic N) is 6. The fourth-order valence-electron chi connectivity index (χ4n) is 1.81. The van der Waals surface area contributed by atoms with E-state index in [1.807, 2.05) is 55.4 Å². The standard InChI is InChI=1S/C14H14N6/c1-19(2)10-16-14-8-7-11(9-15-14)20-13-6-4-3-5-12(13)17-18-20/h3-10H,1-2H3/b16-10+. The second-order valence-corrected chi connectivity index (χ2v) is 4.57. The van der Waals surface area contributed by atoms with Gasteiger partial charge in [0.15, 0.2) is 5.82 Å². The molecule has 0 aliphatic heterocycles. The normalized spacial score (nSPS) is 11.3. The molecule has 1 aromatic carbocycles. The van der Waals surface area contributed by atoms with Crippen molar-refractivity contribution in [2.24, 2.45) is 4.99 Å². The maximum absolute atomic E-state index is 4.30. The summed E-state index contributed by atoms with van der Waals surface area (Å²) in [5.74, 6) is 0.659. The number of fused-ring (bicyclic) bond motifs is 1. The molecule has 2 aromatic heterocycles. The quantitative estimate of drug-likeness (QED) is 0.537. The van der Waals surface area contributed by atoms with E-state index in [4.69, 9.17) is 0 Å². The summed E-state index contributed by atoms with van der Waals surface area (Å²) in [6, 6.07) is 11.6. The van der Waals surface area contributed by atoms with Crippen LogP contribution in [0.1, 0.15) is 0 Å². The van der Waals surface area contributed by atoms with E-state index in [1.54, 1.807) is 17.2 Å². The molecular weight excluding hydrogens is 252 g/mol. The zero-order chi connectivity index (χ0) is 13.9. The van der Waals surface area contributed by atoms with Crippen molar-refractivity contribution < 1.29 is 0 Å². The Morgan fingerprint density at radius 1 is 1.15 bits per heavy atom. The largest absolute Gasteiger partial charge is 0.369 e. The van der Waals surface area contributed by atoms with Crippen LogP contribution in [0.2, 0.25) is 0 Å². The Hall–Kier alpha value is -2.76. The van der Waals surface area contributed by atoms with Crippen molar-refractivity contribution in [3.05, 3.63) is 42.6 Å². The lowest BCUT2D eigenvalue weighted by atomic mass is 10.3. The predicted octanol–water partition coefficient (Wildman–Crippen LogP) is 2.04. The third-order valence-corrected chi connectivity index (χ3v) is 2.75. The first-order valence-corrected chi connectivity index (χ1v) is 6.21. The van der Waals surface area contributed by atoms with E-state index < -0.39 is 0 Å². The number of hydrogen-bond donors (Lipinski definition) is 0. The Kier molecular flexibility index (Phi) is 3.12. The first-order valence-electron chi connectivity index (χ1n) is 6.21. The minimum Gasteiger partial charge on any atom is -0.369 e. The van der Waals surface area contributed by atoms with Gasteiger partial charge in [-0.05, 0) is 24.3 Å². The molecule has 0 bridgehead atoms. The molecule has 2 heterocycles. The Morgan fingerprint density at radius 2 is 2.00 bits per heavy atom. The minimum atomic E-state index is 0.659. The summed E-state index contributed by atoms with van der Waals surface area (Å²) in [4.78, 5) is 10.4. The van der Waals surface area contributed by atoms with Crippen LogP contribution < -0.4 is 0 Å². The fraction of sp³-hybridized carbons (Fsp3) is 0.143. The third-order valence-electron chi connectivity index (χ3n) is 2.75. The highest BCUT2D eigenvalue weighted by Crippen LogP contribution is 2.16. The summed E-state index contributed by atoms with van der Waals surface area (Å²) in [6.07, 6.45) is 3.45. The van der Waals surface area contributed by atoms with E-state index in [-0.39, 0.29) is 0 Å². The second kappa shape index (κ2) is 5.08. The van der Waals surface area contributed by atoms with Gasteiger partial charge in [-0.15, -0.1) is 5.10 Å². The van der Waals surface area contributed by atoms with E-state index in [0.29, 0.717) is 5.82 Å². The first-order chi connectivity index (χ1) is 9.74. The van der Waals surface area contributed by atoms with E-state index in [2.05, 4.69) is 20.3 Å². The summed E-state index contributed by atoms with van der Waals surface area (Å²) in [5, 5.41) is 8.28. The van der Waals surface area contributed by atoms with Gasteiger partial charge < -0.3 is 4.90 Å². The summed E-state index contributed by atoms with van der Waals surface area (Å²) in [6.45, 7) is 0. The molecule has 100 valence electrons. The molecule has 0 amide bonds. The van der Waals surface area contributed by atoms with Crippen LogP contribution in [0.3, 0.4) is 0 Å². The van der Waals surface area contributed by atoms with E-state index in [1.165, 1.54) is 0 Å². The van der Waals surface area contributed by atoms with E-state index in [0.717, 1.165) is 16.7 Å². The molecule has 0 unspecified atom stereocenters. The lowest BCUT2D eigenvalue weighted by Crippen LogP contribution is -2.07. The van der Waals surface area contributed by atoms with Crippen molar-refractivity contribution in [1.82, 2.24) is 24.9 Å². The third kappa shape index (κ3) is 2.35. The summed E-state index contributed by atoms with van der Waals surface area (Å²) >= 11 is 0. The van der Waals surface area contributed by atoms with E-state index in [9.17, 15) is 0 Å². The average molecular weight is 266 g/mol. The number of para-hydroxylation sites is 1. The van der Waals surface area contributed by atoms with Gasteiger partial charge in [0.2, 0.25) is 0 Å². The molecule has 0 aliphatic carbocycles. The molecule has 0 aliphatic rings. The SMILES string of the molecule is CN(C)/C=N/c1ccc(-n2nnc3ccccc32)cn1. The molecule has 0 radical (unpaired) electrons. The van der Waals surface area contributed by atoms with Gasteiger partial charge in [0, 0.05) is 14.1 Å². The van der Waals surface area contributed by atoms with Crippen LogP contribution in [-0.4, -0.2) is 45.3 Å². The van der Waals surface area contributed by atoms with Gasteiger partial charge in [0.25, 0.3) is 0 Å². The van der Waals surface area contributed by atoms with Crippen LogP contribution in [0.4, 0.5) is 5.82 Å². The molecule has 6 heteroatoms. The molecule has 3 aromatic rings. The Balaban J connectivity index is 1.95. The molecule has 3 rings (SSSR count). The zero-order valence-electron chi connectivity index (χ0n) is 11.3. The van der Waals surface area contributed by atoms with Gasteiger partial charge in [0.05, 0.1) is 23.7 Å². The molecule has 0 saturated heterocycles. The Morgan fingerprint density at radius 3 is 2.75 bits per heavy atom. The van der Waals surface area contributed by atoms with Crippen molar-refractivity contribution in [3.8, 4) is 5.69 Å². The number of benzene rings is 1. The van der Waals surface area contributed by atoms with Gasteiger partial charge in [-0.3, -0.25) is 0 Å². The molecule has 0 N–H and O–H groups in total. The smallest absolute Gasteiger partial charge is 0.153 e. The number of rotatable bonds is 3. The lowest BCUT2D eigenvalue weighted by Gasteiger charge is -2.03. The molecular formula is C14H14N6.